The maximum absolute atomic E-state index is 13.3. The third-order valence-corrected chi connectivity index (χ3v) is 5.49. The zero-order valence-corrected chi connectivity index (χ0v) is 20.0. The smallest absolute Gasteiger partial charge is 0.305 e. The quantitative estimate of drug-likeness (QED) is 0.340. The largest absolute Gasteiger partial charge is 0.481 e. The Hall–Kier alpha value is -2.35. The fraction of sp³-hybridized carbons (Fsp3) is 0.591. The van der Waals surface area contributed by atoms with Gasteiger partial charge in [-0.15, -0.1) is 12.4 Å². The van der Waals surface area contributed by atoms with Crippen molar-refractivity contribution in [1.29, 1.82) is 0 Å². The van der Waals surface area contributed by atoms with E-state index in [0.29, 0.717) is 12.8 Å². The maximum Gasteiger partial charge on any atom is 0.305 e. The van der Waals surface area contributed by atoms with Crippen LogP contribution in [0.2, 0.25) is 0 Å². The van der Waals surface area contributed by atoms with E-state index in [1.165, 1.54) is 21.9 Å². The fourth-order valence-electron chi connectivity index (χ4n) is 3.53. The van der Waals surface area contributed by atoms with Crippen LogP contribution in [0.5, 0.6) is 0 Å². The van der Waals surface area contributed by atoms with Gasteiger partial charge in [0.2, 0.25) is 5.91 Å². The average molecular weight is 522 g/mol. The summed E-state index contributed by atoms with van der Waals surface area (Å²) in [5.41, 5.74) is 5.87. The number of aliphatic hydroxyl groups is 3. The topological polar surface area (TPSA) is 174 Å². The van der Waals surface area contributed by atoms with Gasteiger partial charge in [-0.1, -0.05) is 0 Å². The molecule has 2 amide bonds. The third-order valence-electron chi connectivity index (χ3n) is 5.49. The number of hydrogen-bond acceptors (Lipinski definition) is 8. The number of aliphatic hydroxyl groups excluding tert-OH is 3. The van der Waals surface area contributed by atoms with E-state index < -0.39 is 60.9 Å². The van der Waals surface area contributed by atoms with Crippen molar-refractivity contribution >= 4 is 30.2 Å². The van der Waals surface area contributed by atoms with Gasteiger partial charge in [-0.2, -0.15) is 0 Å². The van der Waals surface area contributed by atoms with Gasteiger partial charge in [0.1, 0.15) is 24.1 Å². The molecule has 1 aromatic rings. The molecule has 1 heterocycles. The molecule has 198 valence electrons. The van der Waals surface area contributed by atoms with Gasteiger partial charge in [0.25, 0.3) is 5.91 Å². The Morgan fingerprint density at radius 2 is 1.66 bits per heavy atom. The van der Waals surface area contributed by atoms with Crippen LogP contribution >= 0.6 is 12.4 Å². The number of rotatable bonds is 4. The molecule has 1 aromatic carbocycles. The van der Waals surface area contributed by atoms with Crippen LogP contribution in [-0.2, 0) is 14.3 Å². The second-order valence-electron chi connectivity index (χ2n) is 8.20. The monoisotopic (exact) mass is 521 g/mol. The number of halogens is 2. The van der Waals surface area contributed by atoms with E-state index >= 15 is 0 Å². The van der Waals surface area contributed by atoms with Crippen molar-refractivity contribution in [3.8, 4) is 0 Å². The number of ether oxygens (including phenoxy) is 1. The summed E-state index contributed by atoms with van der Waals surface area (Å²) in [6, 6.07) is 3.46. The summed E-state index contributed by atoms with van der Waals surface area (Å²) >= 11 is 0. The average Bonchev–Trinajstić information content (AvgIpc) is 2.80. The highest BCUT2D eigenvalue weighted by molar-refractivity contribution is 5.94. The van der Waals surface area contributed by atoms with Crippen molar-refractivity contribution in [3.05, 3.63) is 35.6 Å². The Labute approximate surface area is 208 Å². The van der Waals surface area contributed by atoms with Crippen LogP contribution in [0.25, 0.3) is 0 Å². The number of amides is 2. The minimum absolute atomic E-state index is 0. The van der Waals surface area contributed by atoms with Crippen LogP contribution in [0.4, 0.5) is 4.39 Å². The Kier molecular flexibility index (Phi) is 13.1. The van der Waals surface area contributed by atoms with Gasteiger partial charge in [0, 0.05) is 38.3 Å². The number of carbonyl (C=O) groups excluding carboxylic acids is 2. The van der Waals surface area contributed by atoms with Crippen molar-refractivity contribution in [2.24, 2.45) is 5.73 Å². The molecule has 0 saturated carbocycles. The molecular weight excluding hydrogens is 489 g/mol. The Morgan fingerprint density at radius 1 is 1.03 bits per heavy atom. The molecule has 0 bridgehead atoms. The SMILES string of the molecule is Cl.N[C@@H](CC(=O)O)C(=O)N1CCCCOC[C@@H](O)[C@H](O)[C@@H](O)CN(C(=O)c2ccc(F)cc2)CC1. The highest BCUT2D eigenvalue weighted by Gasteiger charge is 2.30. The number of carboxylic acids is 1. The van der Waals surface area contributed by atoms with Gasteiger partial charge in [-0.3, -0.25) is 14.4 Å². The molecule has 1 aliphatic heterocycles. The lowest BCUT2D eigenvalue weighted by Crippen LogP contribution is -2.51. The first kappa shape index (κ1) is 30.7. The lowest BCUT2D eigenvalue weighted by atomic mass is 10.1. The molecule has 1 fully saturated rings. The molecular formula is C22H33ClFN3O8. The van der Waals surface area contributed by atoms with Crippen LogP contribution in [0.15, 0.2) is 24.3 Å². The Balaban J connectivity index is 0.00000612. The summed E-state index contributed by atoms with van der Waals surface area (Å²) in [4.78, 5) is 39.3. The van der Waals surface area contributed by atoms with Crippen LogP contribution in [0, 0.1) is 5.82 Å². The van der Waals surface area contributed by atoms with Crippen molar-refractivity contribution in [2.75, 3.05) is 39.4 Å². The number of nitrogens with zero attached hydrogens (tertiary/aromatic N) is 2. The fourth-order valence-corrected chi connectivity index (χ4v) is 3.53. The van der Waals surface area contributed by atoms with E-state index in [1.807, 2.05) is 0 Å². The molecule has 1 aliphatic rings. The number of hydrogen-bond donors (Lipinski definition) is 5. The standard InChI is InChI=1S/C22H32FN3O8.ClH/c23-15-5-3-14(4-6-15)21(32)26-9-8-25(22(33)16(24)11-19(29)30)7-1-2-10-34-13-18(28)20(31)17(27)12-26;/h3-6,16-18,20,27-28,31H,1-2,7-13,24H2,(H,29,30);1H/t16-,17-,18+,20+;/m0./s1. The number of carbonyl (C=O) groups is 3. The second-order valence-corrected chi connectivity index (χ2v) is 8.20. The second kappa shape index (κ2) is 14.9. The first-order valence-electron chi connectivity index (χ1n) is 11.0. The van der Waals surface area contributed by atoms with Crippen molar-refractivity contribution < 1.29 is 43.9 Å². The van der Waals surface area contributed by atoms with Crippen molar-refractivity contribution in [3.63, 3.8) is 0 Å². The molecule has 0 unspecified atom stereocenters. The summed E-state index contributed by atoms with van der Waals surface area (Å²) in [5.74, 6) is -2.95. The molecule has 35 heavy (non-hydrogen) atoms. The van der Waals surface area contributed by atoms with Crippen LogP contribution in [-0.4, -0.2) is 112 Å². The lowest BCUT2D eigenvalue weighted by Gasteiger charge is -2.32. The Morgan fingerprint density at radius 3 is 2.29 bits per heavy atom. The minimum Gasteiger partial charge on any atom is -0.481 e. The molecule has 0 aromatic heterocycles. The van der Waals surface area contributed by atoms with Crippen LogP contribution in [0.1, 0.15) is 29.6 Å². The van der Waals surface area contributed by atoms with Gasteiger partial charge in [-0.05, 0) is 37.1 Å². The summed E-state index contributed by atoms with van der Waals surface area (Å²) < 4.78 is 18.6. The predicted octanol–water partition coefficient (Wildman–Crippen LogP) is -0.787. The first-order valence-corrected chi connectivity index (χ1v) is 11.0. The van der Waals surface area contributed by atoms with Crippen LogP contribution in [0.3, 0.4) is 0 Å². The highest BCUT2D eigenvalue weighted by Crippen LogP contribution is 2.12. The van der Waals surface area contributed by atoms with E-state index in [-0.39, 0.29) is 50.8 Å². The van der Waals surface area contributed by atoms with Crippen molar-refractivity contribution in [2.45, 2.75) is 43.6 Å². The summed E-state index contributed by atoms with van der Waals surface area (Å²) in [5, 5.41) is 39.7. The zero-order chi connectivity index (χ0) is 25.3. The molecule has 2 rings (SSSR count). The van der Waals surface area contributed by atoms with E-state index in [0.717, 1.165) is 12.1 Å². The van der Waals surface area contributed by atoms with E-state index in [9.17, 15) is 34.1 Å². The number of β-amino-alcohol motifs (C(OH)–C–C–N with tert-alkyl or cyclic N) is 1. The van der Waals surface area contributed by atoms with Crippen molar-refractivity contribution in [1.82, 2.24) is 9.80 Å². The molecule has 11 nitrogen and oxygen atoms in total. The highest BCUT2D eigenvalue weighted by atomic mass is 35.5. The number of carboxylic acid groups (broad SMARTS) is 1. The van der Waals surface area contributed by atoms with Gasteiger partial charge in [0.15, 0.2) is 0 Å². The predicted molar refractivity (Wildman–Crippen MR) is 124 cm³/mol. The zero-order valence-electron chi connectivity index (χ0n) is 19.2. The minimum atomic E-state index is -1.60. The van der Waals surface area contributed by atoms with E-state index in [2.05, 4.69) is 0 Å². The summed E-state index contributed by atoms with van der Waals surface area (Å²) in [7, 11) is 0. The van der Waals surface area contributed by atoms with Gasteiger partial charge in [-0.25, -0.2) is 4.39 Å². The number of nitrogens with two attached hydrogens (primary N) is 1. The molecule has 4 atom stereocenters. The molecule has 13 heteroatoms. The van der Waals surface area contributed by atoms with Gasteiger partial charge < -0.3 is 40.7 Å². The lowest BCUT2D eigenvalue weighted by molar-refractivity contribution is -0.142. The number of benzene rings is 1. The molecule has 1 saturated heterocycles. The molecule has 0 radical (unpaired) electrons. The van der Waals surface area contributed by atoms with Gasteiger partial charge in [0.05, 0.1) is 19.1 Å². The molecule has 6 N–H and O–H groups in total. The van der Waals surface area contributed by atoms with E-state index in [1.54, 1.807) is 0 Å². The normalized spacial score (nSPS) is 23.5. The maximum atomic E-state index is 13.3. The molecule has 0 aliphatic carbocycles. The summed E-state index contributed by atoms with van der Waals surface area (Å²) in [6.07, 6.45) is -4.09. The third kappa shape index (κ3) is 9.67. The Bertz CT molecular complexity index is 831. The summed E-state index contributed by atoms with van der Waals surface area (Å²) in [6.45, 7) is -0.280. The number of aliphatic carboxylic acids is 1. The first-order chi connectivity index (χ1) is 16.1. The van der Waals surface area contributed by atoms with Gasteiger partial charge >= 0.3 is 5.97 Å². The molecule has 0 spiro atoms. The van der Waals surface area contributed by atoms with Crippen LogP contribution < -0.4 is 5.73 Å². The van der Waals surface area contributed by atoms with E-state index in [4.69, 9.17) is 15.6 Å².